The highest BCUT2D eigenvalue weighted by molar-refractivity contribution is 9.10. The number of nitrogens with zero attached hydrogens (tertiary/aromatic N) is 2. The Balaban J connectivity index is 2.39. The molecule has 1 unspecified atom stereocenters. The number of thioether (sulfide) groups is 1. The molecular formula is C17H15BrN4O3S4. The Morgan fingerprint density at radius 1 is 1.21 bits per heavy atom. The first kappa shape index (κ1) is 22.0. The van der Waals surface area contributed by atoms with Crippen LogP contribution in [0.5, 0.6) is 0 Å². The summed E-state index contributed by atoms with van der Waals surface area (Å²) in [6.07, 6.45) is 3.10. The van der Waals surface area contributed by atoms with Gasteiger partial charge in [-0.2, -0.15) is 8.42 Å². The predicted molar refractivity (Wildman–Crippen MR) is 120 cm³/mol. The van der Waals surface area contributed by atoms with E-state index in [0.29, 0.717) is 13.6 Å². The number of benzene rings is 1. The molecule has 0 aliphatic rings. The van der Waals surface area contributed by atoms with E-state index < -0.39 is 19.8 Å². The molecule has 7 nitrogen and oxygen atoms in total. The van der Waals surface area contributed by atoms with Gasteiger partial charge in [-0.05, 0) is 42.7 Å². The highest BCUT2D eigenvalue weighted by Crippen LogP contribution is 2.39. The summed E-state index contributed by atoms with van der Waals surface area (Å²) in [7, 11) is -7.96. The fraction of sp³-hybridized carbons (Fsp3) is 0.0588. The van der Waals surface area contributed by atoms with Gasteiger partial charge in [0.05, 0.1) is 18.9 Å². The van der Waals surface area contributed by atoms with Crippen molar-refractivity contribution in [3.8, 4) is 0 Å². The van der Waals surface area contributed by atoms with Gasteiger partial charge in [-0.15, -0.1) is 23.1 Å². The Morgan fingerprint density at radius 2 is 1.97 bits per heavy atom. The smallest absolute Gasteiger partial charge is 0.308 e. The molecule has 0 radical (unpaired) electrons. The van der Waals surface area contributed by atoms with Gasteiger partial charge < -0.3 is 5.73 Å². The summed E-state index contributed by atoms with van der Waals surface area (Å²) in [5.41, 5.74) is 5.60. The van der Waals surface area contributed by atoms with E-state index in [9.17, 15) is 12.6 Å². The number of pyridine rings is 1. The molecule has 0 saturated carbocycles. The Hall–Kier alpha value is -1.73. The number of hydrogen-bond donors (Lipinski definition) is 2. The van der Waals surface area contributed by atoms with Gasteiger partial charge in [0.25, 0.3) is 0 Å². The molecular weight excluding hydrogens is 516 g/mol. The Labute approximate surface area is 185 Å². The highest BCUT2D eigenvalue weighted by Gasteiger charge is 2.28. The van der Waals surface area contributed by atoms with Crippen LogP contribution in [0.2, 0.25) is 0 Å². The molecule has 29 heavy (non-hydrogen) atoms. The Morgan fingerprint density at radius 3 is 2.55 bits per heavy atom. The Kier molecular flexibility index (Phi) is 6.48. The molecule has 0 saturated heterocycles. The minimum atomic E-state index is -4.33. The van der Waals surface area contributed by atoms with Crippen molar-refractivity contribution in [1.82, 2.24) is 4.98 Å². The van der Waals surface area contributed by atoms with Crippen molar-refractivity contribution >= 4 is 64.6 Å². The van der Waals surface area contributed by atoms with Crippen molar-refractivity contribution < 1.29 is 12.6 Å². The maximum Gasteiger partial charge on any atom is 0.308 e. The number of amidine groups is 1. The zero-order chi connectivity index (χ0) is 21.2. The molecule has 12 heteroatoms. The molecule has 2 heterocycles. The van der Waals surface area contributed by atoms with Gasteiger partial charge in [0.15, 0.2) is 5.03 Å². The highest BCUT2D eigenvalue weighted by atomic mass is 79.9. The summed E-state index contributed by atoms with van der Waals surface area (Å²) in [5, 5.41) is 7.40. The van der Waals surface area contributed by atoms with E-state index in [2.05, 4.69) is 24.7 Å². The summed E-state index contributed by atoms with van der Waals surface area (Å²) in [6, 6.07) is 12.4. The normalized spacial score (nSPS) is 13.6. The number of nitrogens with two attached hydrogens (primary N) is 1. The zero-order valence-electron chi connectivity index (χ0n) is 14.9. The molecule has 0 aliphatic carbocycles. The molecule has 2 aromatic heterocycles. The first-order chi connectivity index (χ1) is 13.7. The van der Waals surface area contributed by atoms with Crippen molar-refractivity contribution in [3.05, 3.63) is 64.1 Å². The fourth-order valence-electron chi connectivity index (χ4n) is 2.35. The number of rotatable bonds is 6. The largest absolute Gasteiger partial charge is 0.383 e. The van der Waals surface area contributed by atoms with Crippen LogP contribution in [0.1, 0.15) is 4.88 Å². The first-order valence-corrected chi connectivity index (χ1v) is 13.7. The van der Waals surface area contributed by atoms with Gasteiger partial charge in [0.1, 0.15) is 15.6 Å². The van der Waals surface area contributed by atoms with Crippen molar-refractivity contribution in [3.63, 3.8) is 0 Å². The minimum Gasteiger partial charge on any atom is -0.383 e. The van der Waals surface area contributed by atoms with Gasteiger partial charge in [-0.3, -0.25) is 5.41 Å². The maximum atomic E-state index is 14.2. The molecule has 0 aliphatic heterocycles. The molecule has 152 valence electrons. The summed E-state index contributed by atoms with van der Waals surface area (Å²) in [4.78, 5) is 4.65. The predicted octanol–water partition coefficient (Wildman–Crippen LogP) is 4.19. The average Bonchev–Trinajstić information content (AvgIpc) is 3.14. The van der Waals surface area contributed by atoms with Crippen LogP contribution in [0.15, 0.2) is 82.0 Å². The standard InChI is InChI=1S/C17H15BrN4O3S4/c1-26-17-14(10-13(27-17)16(19)20)28(23,12-6-4-5-11(18)9-12)22-29(24,25)15-7-2-3-8-21-15/h2-10H,1H3,(H3,19,20). The second-order valence-electron chi connectivity index (χ2n) is 5.58. The summed E-state index contributed by atoms with van der Waals surface area (Å²) in [5.74, 6) is -0.194. The van der Waals surface area contributed by atoms with Crippen LogP contribution in [0.4, 0.5) is 0 Å². The van der Waals surface area contributed by atoms with Crippen molar-refractivity contribution in [2.45, 2.75) is 19.0 Å². The van der Waals surface area contributed by atoms with Crippen molar-refractivity contribution in [1.29, 1.82) is 5.41 Å². The molecule has 0 spiro atoms. The summed E-state index contributed by atoms with van der Waals surface area (Å²) >= 11 is 5.78. The molecule has 3 rings (SSSR count). The first-order valence-electron chi connectivity index (χ1n) is 7.89. The molecule has 3 aromatic rings. The summed E-state index contributed by atoms with van der Waals surface area (Å²) < 4.78 is 45.2. The maximum absolute atomic E-state index is 14.2. The molecule has 0 amide bonds. The number of halogens is 1. The molecule has 3 N–H and O–H groups in total. The number of thiophene rings is 1. The third kappa shape index (κ3) is 4.56. The van der Waals surface area contributed by atoms with E-state index in [0.717, 1.165) is 0 Å². The lowest BCUT2D eigenvalue weighted by Gasteiger charge is -2.11. The van der Waals surface area contributed by atoms with Crippen LogP contribution in [0.25, 0.3) is 0 Å². The molecule has 1 aromatic carbocycles. The minimum absolute atomic E-state index is 0.194. The van der Waals surface area contributed by atoms with Gasteiger partial charge in [0.2, 0.25) is 0 Å². The Bertz CT molecular complexity index is 1300. The average molecular weight is 532 g/mol. The number of nitrogens with one attached hydrogen (secondary N) is 1. The second-order valence-corrected chi connectivity index (χ2v) is 12.6. The fourth-order valence-corrected chi connectivity index (χ4v) is 9.37. The van der Waals surface area contributed by atoms with E-state index >= 15 is 0 Å². The van der Waals surface area contributed by atoms with E-state index in [1.165, 1.54) is 47.5 Å². The van der Waals surface area contributed by atoms with Gasteiger partial charge in [-0.25, -0.2) is 9.19 Å². The topological polar surface area (TPSA) is 126 Å². The van der Waals surface area contributed by atoms with Gasteiger partial charge in [0, 0.05) is 10.7 Å². The lowest BCUT2D eigenvalue weighted by molar-refractivity contribution is 0.594. The number of hydrogen-bond acceptors (Lipinski definition) is 7. The van der Waals surface area contributed by atoms with Crippen molar-refractivity contribution in [2.24, 2.45) is 9.50 Å². The van der Waals surface area contributed by atoms with Crippen LogP contribution < -0.4 is 5.73 Å². The SMILES string of the molecule is CSc1sc(C(=N)N)cc1S(=O)(=NS(=O)(=O)c1ccccn1)c1cccc(Br)c1. The third-order valence-corrected chi connectivity index (χ3v) is 10.9. The van der Waals surface area contributed by atoms with E-state index in [-0.39, 0.29) is 20.7 Å². The van der Waals surface area contributed by atoms with E-state index in [1.54, 1.807) is 36.6 Å². The third-order valence-electron chi connectivity index (χ3n) is 3.64. The number of aromatic nitrogens is 1. The lowest BCUT2D eigenvalue weighted by atomic mass is 10.4. The van der Waals surface area contributed by atoms with Crippen LogP contribution >= 0.6 is 39.0 Å². The number of nitrogen functional groups attached to an aromatic ring is 1. The molecule has 1 atom stereocenters. The summed E-state index contributed by atoms with van der Waals surface area (Å²) in [6.45, 7) is 0. The molecule has 0 bridgehead atoms. The van der Waals surface area contributed by atoms with Gasteiger partial charge >= 0.3 is 10.0 Å². The van der Waals surface area contributed by atoms with E-state index in [1.807, 2.05) is 0 Å². The van der Waals surface area contributed by atoms with Crippen LogP contribution in [-0.2, 0) is 19.8 Å². The van der Waals surface area contributed by atoms with Crippen LogP contribution in [-0.4, -0.2) is 29.7 Å². The quantitative estimate of drug-likeness (QED) is 0.279. The lowest BCUT2D eigenvalue weighted by Crippen LogP contribution is -2.10. The van der Waals surface area contributed by atoms with Gasteiger partial charge in [-0.1, -0.05) is 31.8 Å². The monoisotopic (exact) mass is 530 g/mol. The number of sulfonamides is 1. The van der Waals surface area contributed by atoms with Crippen molar-refractivity contribution in [2.75, 3.05) is 6.26 Å². The van der Waals surface area contributed by atoms with Crippen LogP contribution in [0.3, 0.4) is 0 Å². The zero-order valence-corrected chi connectivity index (χ0v) is 19.8. The van der Waals surface area contributed by atoms with E-state index in [4.69, 9.17) is 11.1 Å². The second kappa shape index (κ2) is 8.56. The van der Waals surface area contributed by atoms with Crippen LogP contribution in [0, 0.1) is 5.41 Å². The molecule has 0 fully saturated rings.